The second-order valence-corrected chi connectivity index (χ2v) is 4.34. The first kappa shape index (κ1) is 15.5. The van der Waals surface area contributed by atoms with Gasteiger partial charge >= 0.3 is 0 Å². The molecule has 1 aromatic rings. The summed E-state index contributed by atoms with van der Waals surface area (Å²) in [5.41, 5.74) is 0.761. The predicted molar refractivity (Wildman–Crippen MR) is 75.6 cm³/mol. The van der Waals surface area contributed by atoms with Gasteiger partial charge in [0.25, 0.3) is 0 Å². The standard InChI is InChI=1S/C14H22N2O3/c1-11(8-9-18-2)15-10-14(17)16-12-4-6-13(19-3)7-5-12/h4-7,11,15H,8-10H2,1-3H3,(H,16,17). The van der Waals surface area contributed by atoms with Crippen LogP contribution < -0.4 is 15.4 Å². The molecule has 0 saturated heterocycles. The van der Waals surface area contributed by atoms with Gasteiger partial charge in [-0.05, 0) is 37.6 Å². The van der Waals surface area contributed by atoms with Crippen molar-refractivity contribution in [3.8, 4) is 5.75 Å². The van der Waals surface area contributed by atoms with Gasteiger partial charge in [-0.1, -0.05) is 0 Å². The minimum Gasteiger partial charge on any atom is -0.497 e. The average molecular weight is 266 g/mol. The Labute approximate surface area is 114 Å². The Morgan fingerprint density at radius 3 is 2.53 bits per heavy atom. The van der Waals surface area contributed by atoms with Crippen molar-refractivity contribution in [2.75, 3.05) is 32.7 Å². The van der Waals surface area contributed by atoms with Crippen LogP contribution >= 0.6 is 0 Å². The maximum absolute atomic E-state index is 11.7. The molecule has 1 rings (SSSR count). The van der Waals surface area contributed by atoms with E-state index in [0.717, 1.165) is 17.9 Å². The molecular formula is C14H22N2O3. The van der Waals surface area contributed by atoms with Gasteiger partial charge in [-0.15, -0.1) is 0 Å². The summed E-state index contributed by atoms with van der Waals surface area (Å²) in [6.45, 7) is 3.00. The van der Waals surface area contributed by atoms with Gasteiger partial charge in [0.05, 0.1) is 13.7 Å². The monoisotopic (exact) mass is 266 g/mol. The minimum absolute atomic E-state index is 0.0607. The molecule has 0 aliphatic rings. The first-order valence-corrected chi connectivity index (χ1v) is 6.32. The summed E-state index contributed by atoms with van der Waals surface area (Å²) in [6.07, 6.45) is 0.881. The zero-order chi connectivity index (χ0) is 14.1. The molecule has 0 radical (unpaired) electrons. The van der Waals surface area contributed by atoms with Gasteiger partial charge in [0.2, 0.25) is 5.91 Å². The molecular weight excluding hydrogens is 244 g/mol. The number of benzene rings is 1. The Bertz CT molecular complexity index is 379. The highest BCUT2D eigenvalue weighted by molar-refractivity contribution is 5.92. The summed E-state index contributed by atoms with van der Waals surface area (Å²) in [4.78, 5) is 11.7. The highest BCUT2D eigenvalue weighted by atomic mass is 16.5. The molecule has 1 unspecified atom stereocenters. The van der Waals surface area contributed by atoms with Gasteiger partial charge in [0, 0.05) is 25.4 Å². The lowest BCUT2D eigenvalue weighted by molar-refractivity contribution is -0.115. The molecule has 0 aromatic heterocycles. The number of carbonyl (C=O) groups excluding carboxylic acids is 1. The summed E-state index contributed by atoms with van der Waals surface area (Å²) in [5, 5.41) is 5.96. The number of hydrogen-bond acceptors (Lipinski definition) is 4. The molecule has 106 valence electrons. The molecule has 5 nitrogen and oxygen atoms in total. The third-order valence-corrected chi connectivity index (χ3v) is 2.74. The molecule has 1 aromatic carbocycles. The maximum Gasteiger partial charge on any atom is 0.238 e. The van der Waals surface area contributed by atoms with E-state index in [9.17, 15) is 4.79 Å². The first-order valence-electron chi connectivity index (χ1n) is 6.32. The highest BCUT2D eigenvalue weighted by Gasteiger charge is 2.05. The zero-order valence-electron chi connectivity index (χ0n) is 11.7. The van der Waals surface area contributed by atoms with E-state index in [-0.39, 0.29) is 18.5 Å². The topological polar surface area (TPSA) is 59.6 Å². The van der Waals surface area contributed by atoms with Gasteiger partial charge in [0.15, 0.2) is 0 Å². The van der Waals surface area contributed by atoms with E-state index >= 15 is 0 Å². The van der Waals surface area contributed by atoms with Crippen molar-refractivity contribution in [1.82, 2.24) is 5.32 Å². The van der Waals surface area contributed by atoms with Crippen LogP contribution in [-0.2, 0) is 9.53 Å². The second-order valence-electron chi connectivity index (χ2n) is 4.34. The maximum atomic E-state index is 11.7. The van der Waals surface area contributed by atoms with Gasteiger partial charge in [-0.25, -0.2) is 0 Å². The molecule has 0 aliphatic carbocycles. The summed E-state index contributed by atoms with van der Waals surface area (Å²) in [6, 6.07) is 7.49. The fraction of sp³-hybridized carbons (Fsp3) is 0.500. The lowest BCUT2D eigenvalue weighted by atomic mass is 10.2. The Hall–Kier alpha value is -1.59. The number of amides is 1. The normalized spacial score (nSPS) is 11.9. The van der Waals surface area contributed by atoms with E-state index in [1.165, 1.54) is 0 Å². The van der Waals surface area contributed by atoms with Crippen LogP contribution in [0.2, 0.25) is 0 Å². The smallest absolute Gasteiger partial charge is 0.238 e. The van der Waals surface area contributed by atoms with Crippen LogP contribution in [0.5, 0.6) is 5.75 Å². The number of hydrogen-bond donors (Lipinski definition) is 2. The van der Waals surface area contributed by atoms with E-state index in [1.807, 2.05) is 31.2 Å². The van der Waals surface area contributed by atoms with Crippen molar-refractivity contribution in [2.45, 2.75) is 19.4 Å². The van der Waals surface area contributed by atoms with Crippen LogP contribution in [-0.4, -0.2) is 39.3 Å². The number of ether oxygens (including phenoxy) is 2. The lowest BCUT2D eigenvalue weighted by Crippen LogP contribution is -2.35. The molecule has 0 aliphatic heterocycles. The predicted octanol–water partition coefficient (Wildman–Crippen LogP) is 1.65. The fourth-order valence-corrected chi connectivity index (χ4v) is 1.54. The van der Waals surface area contributed by atoms with E-state index in [1.54, 1.807) is 14.2 Å². The van der Waals surface area contributed by atoms with Crippen LogP contribution in [0, 0.1) is 0 Å². The van der Waals surface area contributed by atoms with Crippen molar-refractivity contribution in [3.05, 3.63) is 24.3 Å². The van der Waals surface area contributed by atoms with Crippen LogP contribution in [0.4, 0.5) is 5.69 Å². The molecule has 19 heavy (non-hydrogen) atoms. The van der Waals surface area contributed by atoms with Crippen molar-refractivity contribution < 1.29 is 14.3 Å². The first-order chi connectivity index (χ1) is 9.15. The number of rotatable bonds is 8. The Kier molecular flexibility index (Phi) is 6.92. The minimum atomic E-state index is -0.0607. The average Bonchev–Trinajstić information content (AvgIpc) is 2.43. The van der Waals surface area contributed by atoms with Crippen molar-refractivity contribution >= 4 is 11.6 Å². The van der Waals surface area contributed by atoms with E-state index < -0.39 is 0 Å². The van der Waals surface area contributed by atoms with Gasteiger partial charge < -0.3 is 20.1 Å². The third kappa shape index (κ3) is 6.22. The SMILES string of the molecule is COCCC(C)NCC(=O)Nc1ccc(OC)cc1. The van der Waals surface area contributed by atoms with Crippen molar-refractivity contribution in [1.29, 1.82) is 0 Å². The summed E-state index contributed by atoms with van der Waals surface area (Å²) in [7, 11) is 3.28. The van der Waals surface area contributed by atoms with Gasteiger partial charge in [-0.3, -0.25) is 4.79 Å². The third-order valence-electron chi connectivity index (χ3n) is 2.74. The molecule has 0 spiro atoms. The van der Waals surface area contributed by atoms with Crippen molar-refractivity contribution in [3.63, 3.8) is 0 Å². The van der Waals surface area contributed by atoms with Crippen LogP contribution in [0.1, 0.15) is 13.3 Å². The van der Waals surface area contributed by atoms with Gasteiger partial charge in [-0.2, -0.15) is 0 Å². The van der Waals surface area contributed by atoms with E-state index in [2.05, 4.69) is 10.6 Å². The summed E-state index contributed by atoms with van der Waals surface area (Å²) < 4.78 is 10.0. The molecule has 0 fully saturated rings. The number of nitrogens with one attached hydrogen (secondary N) is 2. The number of anilines is 1. The fourth-order valence-electron chi connectivity index (χ4n) is 1.54. The summed E-state index contributed by atoms with van der Waals surface area (Å²) >= 11 is 0. The Balaban J connectivity index is 2.30. The van der Waals surface area contributed by atoms with E-state index in [4.69, 9.17) is 9.47 Å². The van der Waals surface area contributed by atoms with Crippen LogP contribution in [0.15, 0.2) is 24.3 Å². The molecule has 0 bridgehead atoms. The number of carbonyl (C=O) groups is 1. The Morgan fingerprint density at radius 2 is 1.95 bits per heavy atom. The highest BCUT2D eigenvalue weighted by Crippen LogP contribution is 2.14. The summed E-state index contributed by atoms with van der Waals surface area (Å²) in [5.74, 6) is 0.707. The van der Waals surface area contributed by atoms with Crippen LogP contribution in [0.25, 0.3) is 0 Å². The molecule has 5 heteroatoms. The molecule has 0 saturated carbocycles. The lowest BCUT2D eigenvalue weighted by Gasteiger charge is -2.13. The molecule has 1 atom stereocenters. The zero-order valence-corrected chi connectivity index (χ0v) is 11.7. The number of methoxy groups -OCH3 is 2. The van der Waals surface area contributed by atoms with Gasteiger partial charge in [0.1, 0.15) is 5.75 Å². The van der Waals surface area contributed by atoms with Crippen LogP contribution in [0.3, 0.4) is 0 Å². The largest absolute Gasteiger partial charge is 0.497 e. The van der Waals surface area contributed by atoms with Crippen molar-refractivity contribution in [2.24, 2.45) is 0 Å². The Morgan fingerprint density at radius 1 is 1.26 bits per heavy atom. The quantitative estimate of drug-likeness (QED) is 0.751. The van der Waals surface area contributed by atoms with E-state index in [0.29, 0.717) is 6.61 Å². The molecule has 2 N–H and O–H groups in total. The second kappa shape index (κ2) is 8.50. The molecule has 1 amide bonds. The molecule has 0 heterocycles.